The molecule has 0 saturated carbocycles. The molecular weight excluding hydrogens is 450 g/mol. The number of aromatic nitrogens is 1. The zero-order valence-electron chi connectivity index (χ0n) is 19.0. The SMILES string of the molecule is COc1cccc(-c2cc(-c3ccccc3)nc3sc(C(=O)N4CCOCC4)c(N)c23)c1OC. The zero-order chi connectivity index (χ0) is 23.7. The summed E-state index contributed by atoms with van der Waals surface area (Å²) >= 11 is 1.33. The third-order valence-electron chi connectivity index (χ3n) is 5.95. The topological polar surface area (TPSA) is 86.9 Å². The number of carbonyl (C=O) groups excluding carboxylic acids is 1. The van der Waals surface area contributed by atoms with Gasteiger partial charge in [0.15, 0.2) is 11.5 Å². The van der Waals surface area contributed by atoms with E-state index in [1.165, 1.54) is 11.3 Å². The molecule has 1 fully saturated rings. The fraction of sp³-hybridized carbons (Fsp3) is 0.231. The number of ether oxygens (including phenoxy) is 3. The number of methoxy groups -OCH3 is 2. The van der Waals surface area contributed by atoms with Gasteiger partial charge >= 0.3 is 0 Å². The number of fused-ring (bicyclic) bond motifs is 1. The first-order valence-corrected chi connectivity index (χ1v) is 11.8. The number of hydrogen-bond acceptors (Lipinski definition) is 7. The van der Waals surface area contributed by atoms with Gasteiger partial charge < -0.3 is 24.8 Å². The van der Waals surface area contributed by atoms with Gasteiger partial charge in [0.05, 0.1) is 38.8 Å². The third-order valence-corrected chi connectivity index (χ3v) is 7.04. The highest BCUT2D eigenvalue weighted by Crippen LogP contribution is 2.46. The molecule has 34 heavy (non-hydrogen) atoms. The molecule has 0 spiro atoms. The number of rotatable bonds is 5. The molecule has 3 heterocycles. The molecule has 1 aliphatic heterocycles. The fourth-order valence-electron chi connectivity index (χ4n) is 4.26. The van der Waals surface area contributed by atoms with Crippen molar-refractivity contribution in [3.05, 3.63) is 59.5 Å². The van der Waals surface area contributed by atoms with E-state index in [0.29, 0.717) is 53.2 Å². The van der Waals surface area contributed by atoms with Crippen LogP contribution in [0.15, 0.2) is 54.6 Å². The number of anilines is 1. The smallest absolute Gasteiger partial charge is 0.266 e. The van der Waals surface area contributed by atoms with Gasteiger partial charge in [-0.25, -0.2) is 4.98 Å². The Morgan fingerprint density at radius 3 is 2.50 bits per heavy atom. The molecule has 2 aromatic heterocycles. The Morgan fingerprint density at radius 2 is 1.79 bits per heavy atom. The number of hydrogen-bond donors (Lipinski definition) is 1. The van der Waals surface area contributed by atoms with Gasteiger partial charge in [-0.05, 0) is 12.1 Å². The van der Waals surface area contributed by atoms with Crippen LogP contribution in [0.5, 0.6) is 11.5 Å². The quantitative estimate of drug-likeness (QED) is 0.450. The Balaban J connectivity index is 1.76. The minimum atomic E-state index is -0.0892. The van der Waals surface area contributed by atoms with E-state index in [1.807, 2.05) is 54.6 Å². The van der Waals surface area contributed by atoms with Crippen LogP contribution in [0.3, 0.4) is 0 Å². The van der Waals surface area contributed by atoms with Crippen molar-refractivity contribution >= 4 is 33.1 Å². The maximum Gasteiger partial charge on any atom is 0.266 e. The number of para-hydroxylation sites is 1. The maximum absolute atomic E-state index is 13.3. The Hall–Kier alpha value is -3.62. The number of nitrogens with two attached hydrogens (primary N) is 1. The first-order valence-electron chi connectivity index (χ1n) is 11.0. The molecule has 1 saturated heterocycles. The molecule has 2 N–H and O–H groups in total. The van der Waals surface area contributed by atoms with Crippen molar-refractivity contribution in [2.45, 2.75) is 0 Å². The molecular formula is C26H25N3O4S. The molecule has 1 amide bonds. The normalized spacial score (nSPS) is 13.8. The van der Waals surface area contributed by atoms with E-state index in [4.69, 9.17) is 24.9 Å². The molecule has 0 radical (unpaired) electrons. The number of nitrogens with zero attached hydrogens (tertiary/aromatic N) is 2. The number of morpholine rings is 1. The maximum atomic E-state index is 13.3. The van der Waals surface area contributed by atoms with Gasteiger partial charge in [-0.15, -0.1) is 11.3 Å². The van der Waals surface area contributed by atoms with E-state index in [-0.39, 0.29) is 5.91 Å². The van der Waals surface area contributed by atoms with E-state index in [9.17, 15) is 4.79 Å². The summed E-state index contributed by atoms with van der Waals surface area (Å²) in [5, 5.41) is 0.743. The second-order valence-corrected chi connectivity index (χ2v) is 8.89. The highest BCUT2D eigenvalue weighted by molar-refractivity contribution is 7.21. The van der Waals surface area contributed by atoms with Gasteiger partial charge in [0, 0.05) is 35.2 Å². The van der Waals surface area contributed by atoms with Crippen LogP contribution in [0.1, 0.15) is 9.67 Å². The van der Waals surface area contributed by atoms with Gasteiger partial charge in [-0.3, -0.25) is 4.79 Å². The summed E-state index contributed by atoms with van der Waals surface area (Å²) in [6.07, 6.45) is 0. The second-order valence-electron chi connectivity index (χ2n) is 7.89. The summed E-state index contributed by atoms with van der Waals surface area (Å²) in [6, 6.07) is 17.7. The lowest BCUT2D eigenvalue weighted by atomic mass is 9.98. The molecule has 5 rings (SSSR count). The molecule has 8 heteroatoms. The van der Waals surface area contributed by atoms with Crippen LogP contribution in [-0.2, 0) is 4.74 Å². The zero-order valence-corrected chi connectivity index (χ0v) is 19.9. The van der Waals surface area contributed by atoms with E-state index >= 15 is 0 Å². The standard InChI is InChI=1S/C26H25N3O4S/c1-31-20-10-6-9-17(23(20)32-2)18-15-19(16-7-4-3-5-8-16)28-25-21(18)22(27)24(34-25)26(30)29-11-13-33-14-12-29/h3-10,15H,11-14,27H2,1-2H3. The summed E-state index contributed by atoms with van der Waals surface area (Å²) in [7, 11) is 3.22. The summed E-state index contributed by atoms with van der Waals surface area (Å²) in [4.78, 5) is 21.2. The molecule has 174 valence electrons. The Kier molecular flexibility index (Phi) is 6.08. The minimum Gasteiger partial charge on any atom is -0.493 e. The van der Waals surface area contributed by atoms with Crippen LogP contribution in [0.25, 0.3) is 32.6 Å². The largest absolute Gasteiger partial charge is 0.493 e. The molecule has 2 aromatic carbocycles. The van der Waals surface area contributed by atoms with Gasteiger partial charge in [0.25, 0.3) is 5.91 Å². The third kappa shape index (κ3) is 3.85. The van der Waals surface area contributed by atoms with E-state index in [0.717, 1.165) is 27.8 Å². The average molecular weight is 476 g/mol. The number of thiophene rings is 1. The number of amides is 1. The van der Waals surface area contributed by atoms with E-state index in [2.05, 4.69) is 0 Å². The summed E-state index contributed by atoms with van der Waals surface area (Å²) in [5.74, 6) is 1.13. The number of nitrogen functional groups attached to an aromatic ring is 1. The fourth-order valence-corrected chi connectivity index (χ4v) is 5.35. The lowest BCUT2D eigenvalue weighted by Gasteiger charge is -2.26. The molecule has 4 aromatic rings. The molecule has 7 nitrogen and oxygen atoms in total. The Bertz CT molecular complexity index is 1350. The summed E-state index contributed by atoms with van der Waals surface area (Å²) in [6.45, 7) is 2.15. The number of benzene rings is 2. The van der Waals surface area contributed by atoms with Crippen LogP contribution < -0.4 is 15.2 Å². The molecule has 0 unspecified atom stereocenters. The van der Waals surface area contributed by atoms with Crippen molar-refractivity contribution in [1.29, 1.82) is 0 Å². The predicted octanol–water partition coefficient (Wildman–Crippen LogP) is 4.70. The molecule has 0 atom stereocenters. The van der Waals surface area contributed by atoms with Crippen molar-refractivity contribution < 1.29 is 19.0 Å². The highest BCUT2D eigenvalue weighted by atomic mass is 32.1. The Morgan fingerprint density at radius 1 is 1.03 bits per heavy atom. The van der Waals surface area contributed by atoms with Crippen LogP contribution >= 0.6 is 11.3 Å². The van der Waals surface area contributed by atoms with Gasteiger partial charge in [-0.1, -0.05) is 42.5 Å². The average Bonchev–Trinajstić information content (AvgIpc) is 3.24. The Labute approximate surface area is 201 Å². The van der Waals surface area contributed by atoms with Crippen LogP contribution in [-0.4, -0.2) is 56.3 Å². The molecule has 0 aliphatic carbocycles. The van der Waals surface area contributed by atoms with Crippen molar-refractivity contribution in [3.63, 3.8) is 0 Å². The molecule has 1 aliphatic rings. The van der Waals surface area contributed by atoms with Crippen molar-refractivity contribution in [3.8, 4) is 33.9 Å². The van der Waals surface area contributed by atoms with Gasteiger partial charge in [0.1, 0.15) is 9.71 Å². The van der Waals surface area contributed by atoms with E-state index in [1.54, 1.807) is 19.1 Å². The van der Waals surface area contributed by atoms with E-state index < -0.39 is 0 Å². The molecule has 0 bridgehead atoms. The van der Waals surface area contributed by atoms with Crippen LogP contribution in [0, 0.1) is 0 Å². The first-order chi connectivity index (χ1) is 16.6. The minimum absolute atomic E-state index is 0.0892. The lowest BCUT2D eigenvalue weighted by Crippen LogP contribution is -2.40. The van der Waals surface area contributed by atoms with Crippen molar-refractivity contribution in [2.24, 2.45) is 0 Å². The van der Waals surface area contributed by atoms with Crippen molar-refractivity contribution in [2.75, 3.05) is 46.3 Å². The van der Waals surface area contributed by atoms with Crippen LogP contribution in [0.4, 0.5) is 5.69 Å². The van der Waals surface area contributed by atoms with Gasteiger partial charge in [-0.2, -0.15) is 0 Å². The highest BCUT2D eigenvalue weighted by Gasteiger charge is 2.27. The summed E-state index contributed by atoms with van der Waals surface area (Å²) in [5.41, 5.74) is 10.5. The number of pyridine rings is 1. The number of carbonyl (C=O) groups is 1. The predicted molar refractivity (Wildman–Crippen MR) is 135 cm³/mol. The first kappa shape index (κ1) is 22.2. The summed E-state index contributed by atoms with van der Waals surface area (Å²) < 4.78 is 16.7. The van der Waals surface area contributed by atoms with Crippen LogP contribution in [0.2, 0.25) is 0 Å². The lowest BCUT2D eigenvalue weighted by molar-refractivity contribution is 0.0307. The second kappa shape index (κ2) is 9.32. The van der Waals surface area contributed by atoms with Gasteiger partial charge in [0.2, 0.25) is 0 Å². The monoisotopic (exact) mass is 475 g/mol. The van der Waals surface area contributed by atoms with Crippen molar-refractivity contribution in [1.82, 2.24) is 9.88 Å².